The molecular weight excluding hydrogens is 231 g/mol. The maximum atomic E-state index is 13.8. The first kappa shape index (κ1) is 12.1. The second-order valence-corrected chi connectivity index (χ2v) is 3.94. The third-order valence-electron chi connectivity index (χ3n) is 2.43. The van der Waals surface area contributed by atoms with E-state index in [2.05, 4.69) is 4.98 Å². The molecule has 0 unspecified atom stereocenters. The van der Waals surface area contributed by atoms with Gasteiger partial charge in [-0.3, -0.25) is 0 Å². The van der Waals surface area contributed by atoms with Crippen LogP contribution in [0.5, 0.6) is 11.6 Å². The molecule has 2 rings (SSSR count). The summed E-state index contributed by atoms with van der Waals surface area (Å²) in [5.41, 5.74) is 1.59. The Balaban J connectivity index is 2.37. The van der Waals surface area contributed by atoms with Gasteiger partial charge >= 0.3 is 0 Å². The van der Waals surface area contributed by atoms with Gasteiger partial charge in [0.2, 0.25) is 5.88 Å². The molecule has 0 saturated heterocycles. The van der Waals surface area contributed by atoms with Crippen LogP contribution in [-0.4, -0.2) is 4.98 Å². The summed E-state index contributed by atoms with van der Waals surface area (Å²) >= 11 is 0. The monoisotopic (exact) mass is 242 g/mol. The average molecular weight is 242 g/mol. The highest BCUT2D eigenvalue weighted by atomic mass is 19.1. The van der Waals surface area contributed by atoms with Crippen LogP contribution in [0.4, 0.5) is 4.39 Å². The lowest BCUT2D eigenvalue weighted by molar-refractivity contribution is 0.424. The summed E-state index contributed by atoms with van der Waals surface area (Å²) in [6, 6.07) is 10.0. The Labute approximate surface area is 104 Å². The van der Waals surface area contributed by atoms with Crippen molar-refractivity contribution in [2.45, 2.75) is 13.8 Å². The van der Waals surface area contributed by atoms with Gasteiger partial charge in [0.25, 0.3) is 0 Å². The van der Waals surface area contributed by atoms with E-state index >= 15 is 0 Å². The number of halogens is 1. The van der Waals surface area contributed by atoms with E-state index in [0.717, 1.165) is 0 Å². The van der Waals surface area contributed by atoms with Gasteiger partial charge < -0.3 is 4.74 Å². The molecule has 1 aromatic heterocycles. The number of rotatable bonds is 2. The highest BCUT2D eigenvalue weighted by molar-refractivity contribution is 5.38. The lowest BCUT2D eigenvalue weighted by Gasteiger charge is -2.08. The zero-order chi connectivity index (χ0) is 13.1. The molecule has 1 aromatic carbocycles. The van der Waals surface area contributed by atoms with Gasteiger partial charge in [-0.15, -0.1) is 0 Å². The van der Waals surface area contributed by atoms with Gasteiger partial charge in [0.1, 0.15) is 0 Å². The molecule has 4 heteroatoms. The maximum Gasteiger partial charge on any atom is 0.220 e. The van der Waals surface area contributed by atoms with E-state index in [1.54, 1.807) is 32.0 Å². The first-order chi connectivity index (χ1) is 8.60. The Morgan fingerprint density at radius 2 is 2.06 bits per heavy atom. The second kappa shape index (κ2) is 4.84. The van der Waals surface area contributed by atoms with E-state index in [1.165, 1.54) is 12.1 Å². The van der Waals surface area contributed by atoms with Crippen molar-refractivity contribution in [3.8, 4) is 17.7 Å². The number of hydrogen-bond donors (Lipinski definition) is 0. The fraction of sp³-hybridized carbons (Fsp3) is 0.143. The summed E-state index contributed by atoms with van der Waals surface area (Å²) in [6.45, 7) is 3.41. The predicted octanol–water partition coefficient (Wildman–Crippen LogP) is 3.50. The van der Waals surface area contributed by atoms with E-state index in [-0.39, 0.29) is 11.6 Å². The van der Waals surface area contributed by atoms with Crippen molar-refractivity contribution in [1.29, 1.82) is 5.26 Å². The lowest BCUT2D eigenvalue weighted by Crippen LogP contribution is -1.95. The highest BCUT2D eigenvalue weighted by Crippen LogP contribution is 2.25. The van der Waals surface area contributed by atoms with Crippen molar-refractivity contribution in [2.75, 3.05) is 0 Å². The summed E-state index contributed by atoms with van der Waals surface area (Å²) in [4.78, 5) is 4.11. The van der Waals surface area contributed by atoms with Crippen molar-refractivity contribution in [3.63, 3.8) is 0 Å². The van der Waals surface area contributed by atoms with E-state index in [4.69, 9.17) is 10.00 Å². The molecule has 0 saturated carbocycles. The van der Waals surface area contributed by atoms with Crippen LogP contribution in [-0.2, 0) is 0 Å². The quantitative estimate of drug-likeness (QED) is 0.809. The van der Waals surface area contributed by atoms with E-state index in [1.807, 2.05) is 6.07 Å². The number of aryl methyl sites for hydroxylation is 2. The number of hydrogen-bond acceptors (Lipinski definition) is 3. The van der Waals surface area contributed by atoms with Gasteiger partial charge in [0.05, 0.1) is 11.6 Å². The van der Waals surface area contributed by atoms with Crippen molar-refractivity contribution >= 4 is 0 Å². The van der Waals surface area contributed by atoms with Crippen molar-refractivity contribution < 1.29 is 9.13 Å². The molecule has 0 aliphatic rings. The number of nitriles is 1. The molecule has 18 heavy (non-hydrogen) atoms. The molecule has 2 aromatic rings. The molecule has 0 spiro atoms. The average Bonchev–Trinajstić information content (AvgIpc) is 2.34. The van der Waals surface area contributed by atoms with Crippen molar-refractivity contribution in [2.24, 2.45) is 0 Å². The number of benzene rings is 1. The molecule has 0 fully saturated rings. The van der Waals surface area contributed by atoms with Crippen LogP contribution in [0.3, 0.4) is 0 Å². The Morgan fingerprint density at radius 3 is 2.78 bits per heavy atom. The first-order valence-corrected chi connectivity index (χ1v) is 5.42. The van der Waals surface area contributed by atoms with Gasteiger partial charge in [-0.2, -0.15) is 5.26 Å². The minimum Gasteiger partial charge on any atom is -0.436 e. The fourth-order valence-electron chi connectivity index (χ4n) is 1.57. The van der Waals surface area contributed by atoms with Crippen molar-refractivity contribution in [3.05, 3.63) is 53.0 Å². The number of aromatic nitrogens is 1. The van der Waals surface area contributed by atoms with Crippen LogP contribution in [0.1, 0.15) is 16.8 Å². The zero-order valence-electron chi connectivity index (χ0n) is 10.1. The molecule has 0 N–H and O–H groups in total. The van der Waals surface area contributed by atoms with E-state index in [9.17, 15) is 4.39 Å². The summed E-state index contributed by atoms with van der Waals surface area (Å²) in [7, 11) is 0. The lowest BCUT2D eigenvalue weighted by atomic mass is 10.2. The minimum atomic E-state index is -0.417. The zero-order valence-corrected chi connectivity index (χ0v) is 10.1. The van der Waals surface area contributed by atoms with Gasteiger partial charge in [-0.25, -0.2) is 9.37 Å². The van der Waals surface area contributed by atoms with Crippen molar-refractivity contribution in [1.82, 2.24) is 4.98 Å². The van der Waals surface area contributed by atoms with Crippen LogP contribution in [0.15, 0.2) is 30.3 Å². The SMILES string of the molecule is Cc1cc(C#N)cc(Oc2cccc(C)c2F)n1. The van der Waals surface area contributed by atoms with Crippen LogP contribution in [0.25, 0.3) is 0 Å². The summed E-state index contributed by atoms with van der Waals surface area (Å²) in [5.74, 6) is -0.0904. The highest BCUT2D eigenvalue weighted by Gasteiger charge is 2.08. The van der Waals surface area contributed by atoms with Gasteiger partial charge in [0, 0.05) is 11.8 Å². The second-order valence-electron chi connectivity index (χ2n) is 3.94. The van der Waals surface area contributed by atoms with Crippen LogP contribution in [0, 0.1) is 31.0 Å². The molecular formula is C14H11FN2O. The third-order valence-corrected chi connectivity index (χ3v) is 2.43. The molecule has 0 atom stereocenters. The minimum absolute atomic E-state index is 0.108. The Bertz CT molecular complexity index is 632. The van der Waals surface area contributed by atoms with Crippen LogP contribution in [0.2, 0.25) is 0 Å². The smallest absolute Gasteiger partial charge is 0.220 e. The van der Waals surface area contributed by atoms with Gasteiger partial charge in [-0.05, 0) is 31.5 Å². The van der Waals surface area contributed by atoms with E-state index in [0.29, 0.717) is 16.8 Å². The number of nitrogens with zero attached hydrogens (tertiary/aromatic N) is 2. The van der Waals surface area contributed by atoms with Gasteiger partial charge in [-0.1, -0.05) is 12.1 Å². The fourth-order valence-corrected chi connectivity index (χ4v) is 1.57. The molecule has 0 aliphatic carbocycles. The largest absolute Gasteiger partial charge is 0.436 e. The maximum absolute atomic E-state index is 13.8. The van der Waals surface area contributed by atoms with Crippen LogP contribution >= 0.6 is 0 Å². The number of pyridine rings is 1. The molecule has 0 aliphatic heterocycles. The van der Waals surface area contributed by atoms with Gasteiger partial charge in [0.15, 0.2) is 11.6 Å². The molecule has 90 valence electrons. The molecule has 1 heterocycles. The summed E-state index contributed by atoms with van der Waals surface area (Å²) < 4.78 is 19.1. The van der Waals surface area contributed by atoms with E-state index < -0.39 is 5.82 Å². The Morgan fingerprint density at radius 1 is 1.28 bits per heavy atom. The molecule has 0 bridgehead atoms. The molecule has 0 radical (unpaired) electrons. The molecule has 3 nitrogen and oxygen atoms in total. The standard InChI is InChI=1S/C14H11FN2O/c1-9-4-3-5-12(14(9)15)18-13-7-11(8-16)6-10(2)17-13/h3-7H,1-2H3. The first-order valence-electron chi connectivity index (χ1n) is 5.42. The summed E-state index contributed by atoms with van der Waals surface area (Å²) in [5, 5.41) is 8.84. The molecule has 0 amide bonds. The Kier molecular flexibility index (Phi) is 3.24. The summed E-state index contributed by atoms with van der Waals surface area (Å²) in [6.07, 6.45) is 0. The third kappa shape index (κ3) is 2.46. The normalized spacial score (nSPS) is 9.89. The topological polar surface area (TPSA) is 45.9 Å². The number of ether oxygens (including phenoxy) is 1. The Hall–Kier alpha value is -2.41. The predicted molar refractivity (Wildman–Crippen MR) is 64.9 cm³/mol. The van der Waals surface area contributed by atoms with Crippen LogP contribution < -0.4 is 4.74 Å².